The maximum absolute atomic E-state index is 13.1. The molecule has 3 heterocycles. The van der Waals surface area contributed by atoms with Crippen LogP contribution in [0.15, 0.2) is 41.6 Å². The van der Waals surface area contributed by atoms with E-state index in [1.165, 1.54) is 24.2 Å². The van der Waals surface area contributed by atoms with Gasteiger partial charge in [-0.15, -0.1) is 0 Å². The van der Waals surface area contributed by atoms with Crippen molar-refractivity contribution in [3.63, 3.8) is 0 Å². The Labute approximate surface area is 201 Å². The minimum atomic E-state index is -1.07. The summed E-state index contributed by atoms with van der Waals surface area (Å²) < 4.78 is 7.78. The van der Waals surface area contributed by atoms with E-state index in [1.807, 2.05) is 4.90 Å². The number of amides is 2. The van der Waals surface area contributed by atoms with Crippen molar-refractivity contribution >= 4 is 28.5 Å². The zero-order valence-corrected chi connectivity index (χ0v) is 19.5. The Morgan fingerprint density at radius 1 is 1.20 bits per heavy atom. The van der Waals surface area contributed by atoms with Crippen LogP contribution < -0.4 is 10.9 Å². The molecule has 0 bridgehead atoms. The first-order valence-corrected chi connectivity index (χ1v) is 11.7. The molecule has 1 aliphatic heterocycles. The van der Waals surface area contributed by atoms with Crippen molar-refractivity contribution < 1.29 is 19.4 Å². The van der Waals surface area contributed by atoms with Crippen molar-refractivity contribution in [1.29, 1.82) is 0 Å². The van der Waals surface area contributed by atoms with Crippen LogP contribution in [-0.4, -0.2) is 73.6 Å². The molecule has 0 unspecified atom stereocenters. The number of hydrogen-bond donors (Lipinski definition) is 2. The monoisotopic (exact) mass is 480 g/mol. The summed E-state index contributed by atoms with van der Waals surface area (Å²) >= 11 is 0. The summed E-state index contributed by atoms with van der Waals surface area (Å²) in [7, 11) is 1.45. The second-order valence-electron chi connectivity index (χ2n) is 9.32. The Hall–Kier alpha value is -3.57. The molecule has 0 spiro atoms. The van der Waals surface area contributed by atoms with Gasteiger partial charge < -0.3 is 20.1 Å². The van der Waals surface area contributed by atoms with E-state index >= 15 is 0 Å². The largest absolute Gasteiger partial charge is 0.388 e. The van der Waals surface area contributed by atoms with Gasteiger partial charge in [-0.25, -0.2) is 9.67 Å². The van der Waals surface area contributed by atoms with Crippen molar-refractivity contribution in [3.05, 3.63) is 47.1 Å². The van der Waals surface area contributed by atoms with Crippen molar-refractivity contribution in [2.24, 2.45) is 5.92 Å². The van der Waals surface area contributed by atoms with Crippen LogP contribution in [0.1, 0.15) is 25.7 Å². The number of nitrogens with one attached hydrogen (secondary N) is 1. The highest BCUT2D eigenvalue weighted by molar-refractivity contribution is 5.91. The molecule has 0 radical (unpaired) electrons. The van der Waals surface area contributed by atoms with Crippen LogP contribution in [0.25, 0.3) is 16.7 Å². The third-order valence-corrected chi connectivity index (χ3v) is 6.62. The number of anilines is 1. The maximum Gasteiger partial charge on any atom is 0.264 e. The molecule has 5 rings (SSSR count). The molecule has 2 N–H and O–H groups in total. The Morgan fingerprint density at radius 3 is 2.57 bits per heavy atom. The van der Waals surface area contributed by atoms with Crippen LogP contribution in [0.2, 0.25) is 0 Å². The van der Waals surface area contributed by atoms with Gasteiger partial charge in [-0.2, -0.15) is 5.10 Å². The first-order chi connectivity index (χ1) is 16.9. The number of ether oxygens (including phenoxy) is 1. The van der Waals surface area contributed by atoms with E-state index in [0.29, 0.717) is 48.3 Å². The number of benzene rings is 1. The van der Waals surface area contributed by atoms with Gasteiger partial charge in [0, 0.05) is 31.8 Å². The summed E-state index contributed by atoms with van der Waals surface area (Å²) in [5.41, 5.74) is 0.341. The molecule has 2 amide bonds. The fourth-order valence-corrected chi connectivity index (χ4v) is 4.47. The van der Waals surface area contributed by atoms with E-state index < -0.39 is 5.60 Å². The Morgan fingerprint density at radius 2 is 1.91 bits per heavy atom. The molecule has 3 aromatic rings. The van der Waals surface area contributed by atoms with Crippen molar-refractivity contribution in [3.8, 4) is 5.69 Å². The van der Waals surface area contributed by atoms with Crippen LogP contribution in [0, 0.1) is 5.92 Å². The zero-order valence-electron chi connectivity index (χ0n) is 19.5. The standard InChI is InChI=1S/C24H28N6O5/c1-35-13-20(31)27-17-4-6-18(7-5-17)30-21-19(12-26-30)23(33)29(15-25-21)14-24(34)8-10-28(11-9-24)22(32)16-2-3-16/h4-7,12,15-16,34H,2-3,8-11,13-14H2,1H3,(H,27,31). The average Bonchev–Trinajstić information content (AvgIpc) is 3.61. The number of likely N-dealkylation sites (tertiary alicyclic amines) is 1. The van der Waals surface area contributed by atoms with Gasteiger partial charge in [0.1, 0.15) is 18.3 Å². The fraction of sp³-hybridized carbons (Fsp3) is 0.458. The van der Waals surface area contributed by atoms with E-state index in [1.54, 1.807) is 28.9 Å². The van der Waals surface area contributed by atoms with Crippen LogP contribution >= 0.6 is 0 Å². The van der Waals surface area contributed by atoms with E-state index in [-0.39, 0.29) is 36.4 Å². The molecule has 35 heavy (non-hydrogen) atoms. The Bertz CT molecular complexity index is 1300. The average molecular weight is 481 g/mol. The quantitative estimate of drug-likeness (QED) is 0.514. The molecule has 1 saturated carbocycles. The van der Waals surface area contributed by atoms with Crippen molar-refractivity contribution in [2.45, 2.75) is 37.8 Å². The predicted molar refractivity (Wildman–Crippen MR) is 127 cm³/mol. The van der Waals surface area contributed by atoms with Crippen LogP contribution in [0.5, 0.6) is 0 Å². The van der Waals surface area contributed by atoms with E-state index in [2.05, 4.69) is 15.4 Å². The van der Waals surface area contributed by atoms with E-state index in [0.717, 1.165) is 12.8 Å². The Kier molecular flexibility index (Phi) is 6.12. The maximum atomic E-state index is 13.1. The lowest BCUT2D eigenvalue weighted by Gasteiger charge is -2.38. The highest BCUT2D eigenvalue weighted by Crippen LogP contribution is 2.33. The second-order valence-corrected chi connectivity index (χ2v) is 9.32. The van der Waals surface area contributed by atoms with Crippen LogP contribution in [0.4, 0.5) is 5.69 Å². The number of aliphatic hydroxyl groups is 1. The van der Waals surface area contributed by atoms with Gasteiger partial charge in [0.15, 0.2) is 5.65 Å². The summed E-state index contributed by atoms with van der Waals surface area (Å²) in [5, 5.41) is 18.5. The summed E-state index contributed by atoms with van der Waals surface area (Å²) in [6, 6.07) is 6.99. The van der Waals surface area contributed by atoms with Crippen LogP contribution in [-0.2, 0) is 20.9 Å². The Balaban J connectivity index is 1.30. The van der Waals surface area contributed by atoms with Gasteiger partial charge >= 0.3 is 0 Å². The van der Waals surface area contributed by atoms with Gasteiger partial charge in [-0.3, -0.25) is 19.0 Å². The summed E-state index contributed by atoms with van der Waals surface area (Å²) in [4.78, 5) is 43.4. The third-order valence-electron chi connectivity index (χ3n) is 6.62. The topological polar surface area (TPSA) is 132 Å². The summed E-state index contributed by atoms with van der Waals surface area (Å²) in [6.45, 7) is 1.07. The smallest absolute Gasteiger partial charge is 0.264 e. The lowest BCUT2D eigenvalue weighted by molar-refractivity contribution is -0.137. The number of aromatic nitrogens is 4. The van der Waals surface area contributed by atoms with Gasteiger partial charge in [0.25, 0.3) is 5.56 Å². The lowest BCUT2D eigenvalue weighted by atomic mass is 9.91. The summed E-state index contributed by atoms with van der Waals surface area (Å²) in [5.74, 6) is 0.0940. The fourth-order valence-electron chi connectivity index (χ4n) is 4.47. The van der Waals surface area contributed by atoms with E-state index in [4.69, 9.17) is 4.74 Å². The molecule has 1 aliphatic carbocycles. The molecule has 2 fully saturated rings. The molecule has 1 saturated heterocycles. The normalized spacial score (nSPS) is 17.5. The molecule has 184 valence electrons. The van der Waals surface area contributed by atoms with Crippen LogP contribution in [0.3, 0.4) is 0 Å². The molecule has 11 nitrogen and oxygen atoms in total. The van der Waals surface area contributed by atoms with Gasteiger partial charge in [-0.1, -0.05) is 0 Å². The number of hydrogen-bond acceptors (Lipinski definition) is 7. The molecular weight excluding hydrogens is 452 g/mol. The highest BCUT2D eigenvalue weighted by Gasteiger charge is 2.39. The molecule has 1 aromatic carbocycles. The van der Waals surface area contributed by atoms with Crippen molar-refractivity contribution in [1.82, 2.24) is 24.2 Å². The first kappa shape index (κ1) is 23.2. The predicted octanol–water partition coefficient (Wildman–Crippen LogP) is 0.931. The molecule has 0 atom stereocenters. The number of piperidine rings is 1. The third kappa shape index (κ3) is 4.82. The first-order valence-electron chi connectivity index (χ1n) is 11.7. The summed E-state index contributed by atoms with van der Waals surface area (Å²) in [6.07, 6.45) is 5.66. The number of carbonyl (C=O) groups is 2. The molecule has 2 aliphatic rings. The molecular formula is C24H28N6O5. The minimum Gasteiger partial charge on any atom is -0.388 e. The van der Waals surface area contributed by atoms with E-state index in [9.17, 15) is 19.5 Å². The number of rotatable bonds is 7. The lowest BCUT2D eigenvalue weighted by Crippen LogP contribution is -2.50. The van der Waals surface area contributed by atoms with Gasteiger partial charge in [-0.05, 0) is 49.9 Å². The molecule has 11 heteroatoms. The van der Waals surface area contributed by atoms with Gasteiger partial charge in [0.05, 0.1) is 24.0 Å². The highest BCUT2D eigenvalue weighted by atomic mass is 16.5. The number of methoxy groups -OCH3 is 1. The van der Waals surface area contributed by atoms with Crippen molar-refractivity contribution in [2.75, 3.05) is 32.1 Å². The minimum absolute atomic E-state index is 0.0340. The van der Waals surface area contributed by atoms with Gasteiger partial charge in [0.2, 0.25) is 11.8 Å². The zero-order chi connectivity index (χ0) is 24.6. The number of carbonyl (C=O) groups excluding carboxylic acids is 2. The number of fused-ring (bicyclic) bond motifs is 1. The number of nitrogens with zero attached hydrogens (tertiary/aromatic N) is 5. The molecule has 2 aromatic heterocycles. The SMILES string of the molecule is COCC(=O)Nc1ccc(-n2ncc3c(=O)n(CC4(O)CCN(C(=O)C5CC5)CC4)cnc32)cc1. The second kappa shape index (κ2) is 9.23.